The lowest BCUT2D eigenvalue weighted by Gasteiger charge is -2.33. The fraction of sp³-hybridized carbons (Fsp3) is 0.667. The molecule has 2 rings (SSSR count). The third-order valence-electron chi connectivity index (χ3n) is 3.35. The standard InChI is InChI=1S/C12H19N3O5S/c1-3-20-11(16)9-8-13-14-10(9)21(17,18)15-12(2)4-6-19-7-5-12/h8,15H,3-7H2,1-2H3,(H,13,14). The summed E-state index contributed by atoms with van der Waals surface area (Å²) < 4.78 is 37.6. The Morgan fingerprint density at radius 1 is 1.52 bits per heavy atom. The minimum Gasteiger partial charge on any atom is -0.462 e. The number of aromatic amines is 1. The Bertz CT molecular complexity index is 604. The Hall–Kier alpha value is -1.45. The van der Waals surface area contributed by atoms with E-state index in [0.29, 0.717) is 26.1 Å². The average Bonchev–Trinajstić information content (AvgIpc) is 2.88. The van der Waals surface area contributed by atoms with Crippen molar-refractivity contribution < 1.29 is 22.7 Å². The molecule has 118 valence electrons. The van der Waals surface area contributed by atoms with Crippen LogP contribution >= 0.6 is 0 Å². The highest BCUT2D eigenvalue weighted by atomic mass is 32.2. The van der Waals surface area contributed by atoms with E-state index in [-0.39, 0.29) is 17.2 Å². The van der Waals surface area contributed by atoms with Crippen molar-refractivity contribution in [1.29, 1.82) is 0 Å². The summed E-state index contributed by atoms with van der Waals surface area (Å²) in [4.78, 5) is 11.8. The van der Waals surface area contributed by atoms with Gasteiger partial charge in [-0.1, -0.05) is 0 Å². The number of hydrogen-bond donors (Lipinski definition) is 2. The Balaban J connectivity index is 2.24. The van der Waals surface area contributed by atoms with Gasteiger partial charge in [0.25, 0.3) is 10.0 Å². The molecule has 1 aliphatic rings. The first-order valence-electron chi connectivity index (χ1n) is 6.70. The van der Waals surface area contributed by atoms with Gasteiger partial charge >= 0.3 is 5.97 Å². The predicted octanol–water partition coefficient (Wildman–Crippen LogP) is 0.434. The molecule has 0 unspecified atom stereocenters. The summed E-state index contributed by atoms with van der Waals surface area (Å²) in [6.07, 6.45) is 2.28. The zero-order chi connectivity index (χ0) is 15.5. The SMILES string of the molecule is CCOC(=O)c1cn[nH]c1S(=O)(=O)NC1(C)CCOCC1. The lowest BCUT2D eigenvalue weighted by Crippen LogP contribution is -2.49. The third-order valence-corrected chi connectivity index (χ3v) is 4.96. The molecule has 8 nitrogen and oxygen atoms in total. The maximum atomic E-state index is 12.5. The number of carbonyl (C=O) groups excluding carboxylic acids is 1. The molecule has 9 heteroatoms. The first-order chi connectivity index (χ1) is 9.88. The highest BCUT2D eigenvalue weighted by molar-refractivity contribution is 7.89. The molecule has 0 amide bonds. The Labute approximate surface area is 123 Å². The summed E-state index contributed by atoms with van der Waals surface area (Å²) in [5.74, 6) is -0.719. The van der Waals surface area contributed by atoms with Gasteiger partial charge in [-0.2, -0.15) is 5.10 Å². The van der Waals surface area contributed by atoms with Crippen LogP contribution in [0.2, 0.25) is 0 Å². The van der Waals surface area contributed by atoms with Gasteiger partial charge < -0.3 is 9.47 Å². The van der Waals surface area contributed by atoms with Crippen LogP contribution in [0.4, 0.5) is 0 Å². The molecule has 0 saturated carbocycles. The van der Waals surface area contributed by atoms with E-state index in [4.69, 9.17) is 9.47 Å². The number of rotatable bonds is 5. The number of nitrogens with zero attached hydrogens (tertiary/aromatic N) is 1. The normalized spacial score (nSPS) is 18.4. The van der Waals surface area contributed by atoms with Gasteiger partial charge in [0.2, 0.25) is 0 Å². The fourth-order valence-electron chi connectivity index (χ4n) is 2.13. The number of aromatic nitrogens is 2. The van der Waals surface area contributed by atoms with Crippen LogP contribution < -0.4 is 4.72 Å². The number of H-pyrrole nitrogens is 1. The maximum absolute atomic E-state index is 12.5. The summed E-state index contributed by atoms with van der Waals surface area (Å²) in [6, 6.07) is 0. The number of ether oxygens (including phenoxy) is 2. The number of esters is 1. The van der Waals surface area contributed by atoms with Crippen molar-refractivity contribution >= 4 is 16.0 Å². The van der Waals surface area contributed by atoms with Gasteiger partial charge in [-0.3, -0.25) is 5.10 Å². The van der Waals surface area contributed by atoms with Crippen LogP contribution in [-0.2, 0) is 19.5 Å². The van der Waals surface area contributed by atoms with E-state index in [1.807, 2.05) is 6.92 Å². The van der Waals surface area contributed by atoms with E-state index < -0.39 is 21.5 Å². The van der Waals surface area contributed by atoms with E-state index >= 15 is 0 Å². The molecule has 0 radical (unpaired) electrons. The van der Waals surface area contributed by atoms with Gasteiger partial charge in [-0.05, 0) is 26.7 Å². The molecule has 1 aliphatic heterocycles. The van der Waals surface area contributed by atoms with Crippen LogP contribution in [0.5, 0.6) is 0 Å². The van der Waals surface area contributed by atoms with Crippen molar-refractivity contribution in [2.24, 2.45) is 0 Å². The Morgan fingerprint density at radius 2 is 2.19 bits per heavy atom. The second-order valence-electron chi connectivity index (χ2n) is 5.11. The lowest BCUT2D eigenvalue weighted by atomic mass is 9.94. The minimum atomic E-state index is -3.89. The molecule has 21 heavy (non-hydrogen) atoms. The second kappa shape index (κ2) is 6.12. The van der Waals surface area contributed by atoms with Crippen molar-refractivity contribution in [2.75, 3.05) is 19.8 Å². The molecule has 2 N–H and O–H groups in total. The third kappa shape index (κ3) is 3.60. The molecule has 0 spiro atoms. The predicted molar refractivity (Wildman–Crippen MR) is 73.3 cm³/mol. The van der Waals surface area contributed by atoms with E-state index in [0.717, 1.165) is 6.20 Å². The van der Waals surface area contributed by atoms with E-state index in [1.54, 1.807) is 6.92 Å². The molecular weight excluding hydrogens is 298 g/mol. The maximum Gasteiger partial charge on any atom is 0.342 e. The van der Waals surface area contributed by atoms with Gasteiger partial charge in [0, 0.05) is 18.8 Å². The number of carbonyl (C=O) groups is 1. The van der Waals surface area contributed by atoms with Gasteiger partial charge in [0.15, 0.2) is 5.03 Å². The fourth-order valence-corrected chi connectivity index (χ4v) is 3.69. The first kappa shape index (κ1) is 15.9. The average molecular weight is 317 g/mol. The summed E-state index contributed by atoms with van der Waals surface area (Å²) in [7, 11) is -3.89. The molecule has 0 aliphatic carbocycles. The van der Waals surface area contributed by atoms with Crippen molar-refractivity contribution in [3.63, 3.8) is 0 Å². The second-order valence-corrected chi connectivity index (χ2v) is 6.73. The van der Waals surface area contributed by atoms with Crippen LogP contribution in [0.3, 0.4) is 0 Å². The molecule has 1 fully saturated rings. The van der Waals surface area contributed by atoms with Gasteiger partial charge in [0.05, 0.1) is 12.8 Å². The van der Waals surface area contributed by atoms with E-state index in [1.165, 1.54) is 0 Å². The minimum absolute atomic E-state index is 0.0972. The summed E-state index contributed by atoms with van der Waals surface area (Å²) in [5, 5.41) is 5.73. The quantitative estimate of drug-likeness (QED) is 0.762. The molecule has 0 atom stereocenters. The highest BCUT2D eigenvalue weighted by Crippen LogP contribution is 2.23. The van der Waals surface area contributed by atoms with E-state index in [9.17, 15) is 13.2 Å². The Morgan fingerprint density at radius 3 is 2.81 bits per heavy atom. The van der Waals surface area contributed by atoms with Crippen molar-refractivity contribution in [2.45, 2.75) is 37.3 Å². The molecule has 1 aromatic heterocycles. The number of hydrogen-bond acceptors (Lipinski definition) is 6. The lowest BCUT2D eigenvalue weighted by molar-refractivity contribution is 0.0515. The smallest absolute Gasteiger partial charge is 0.342 e. The molecule has 1 aromatic rings. The van der Waals surface area contributed by atoms with Crippen molar-refractivity contribution in [3.8, 4) is 0 Å². The van der Waals surface area contributed by atoms with Crippen molar-refractivity contribution in [3.05, 3.63) is 11.8 Å². The monoisotopic (exact) mass is 317 g/mol. The van der Waals surface area contributed by atoms with Crippen LogP contribution in [0.1, 0.15) is 37.0 Å². The zero-order valence-corrected chi connectivity index (χ0v) is 12.8. The van der Waals surface area contributed by atoms with Crippen LogP contribution in [-0.4, -0.2) is 49.9 Å². The summed E-state index contributed by atoms with van der Waals surface area (Å²) in [5.41, 5.74) is -0.700. The molecule has 2 heterocycles. The van der Waals surface area contributed by atoms with Crippen LogP contribution in [0.25, 0.3) is 0 Å². The molecule has 1 saturated heterocycles. The number of sulfonamides is 1. The van der Waals surface area contributed by atoms with Gasteiger partial charge in [-0.25, -0.2) is 17.9 Å². The highest BCUT2D eigenvalue weighted by Gasteiger charge is 2.35. The zero-order valence-electron chi connectivity index (χ0n) is 12.0. The van der Waals surface area contributed by atoms with E-state index in [2.05, 4.69) is 14.9 Å². The van der Waals surface area contributed by atoms with Crippen LogP contribution in [0, 0.1) is 0 Å². The molecule has 0 aromatic carbocycles. The topological polar surface area (TPSA) is 110 Å². The number of nitrogens with one attached hydrogen (secondary N) is 2. The summed E-state index contributed by atoms with van der Waals surface area (Å²) in [6.45, 7) is 4.60. The largest absolute Gasteiger partial charge is 0.462 e. The van der Waals surface area contributed by atoms with Gasteiger partial charge in [0.1, 0.15) is 5.56 Å². The molecular formula is C12H19N3O5S. The Kier molecular flexibility index (Phi) is 4.64. The molecule has 0 bridgehead atoms. The summed E-state index contributed by atoms with van der Waals surface area (Å²) >= 11 is 0. The van der Waals surface area contributed by atoms with Gasteiger partial charge in [-0.15, -0.1) is 0 Å². The first-order valence-corrected chi connectivity index (χ1v) is 8.18. The van der Waals surface area contributed by atoms with Crippen molar-refractivity contribution in [1.82, 2.24) is 14.9 Å². The van der Waals surface area contributed by atoms with Crippen LogP contribution in [0.15, 0.2) is 11.2 Å².